The molecular weight excluding hydrogens is 522 g/mol. The van der Waals surface area contributed by atoms with Crippen molar-refractivity contribution in [2.75, 3.05) is 19.0 Å². The van der Waals surface area contributed by atoms with Crippen molar-refractivity contribution >= 4 is 23.6 Å². The van der Waals surface area contributed by atoms with Gasteiger partial charge in [-0.1, -0.05) is 32.0 Å². The lowest BCUT2D eigenvalue weighted by molar-refractivity contribution is -0.144. The highest BCUT2D eigenvalue weighted by Gasteiger charge is 2.39. The van der Waals surface area contributed by atoms with Crippen LogP contribution in [-0.2, 0) is 14.3 Å². The van der Waals surface area contributed by atoms with E-state index in [2.05, 4.69) is 24.5 Å². The largest absolute Gasteiger partial charge is 0.497 e. The van der Waals surface area contributed by atoms with Gasteiger partial charge in [0.1, 0.15) is 23.4 Å². The average Bonchev–Trinajstić information content (AvgIpc) is 2.89. The lowest BCUT2D eigenvalue weighted by Gasteiger charge is -2.38. The molecule has 9 nitrogen and oxygen atoms in total. The predicted octanol–water partition coefficient (Wildman–Crippen LogP) is 5.53. The Labute approximate surface area is 244 Å². The Morgan fingerprint density at radius 1 is 0.951 bits per heavy atom. The third kappa shape index (κ3) is 10.1. The molecule has 0 spiro atoms. The highest BCUT2D eigenvalue weighted by molar-refractivity contribution is 5.99. The van der Waals surface area contributed by atoms with E-state index in [-0.39, 0.29) is 0 Å². The first-order valence-electron chi connectivity index (χ1n) is 14.1. The van der Waals surface area contributed by atoms with Gasteiger partial charge in [-0.05, 0) is 101 Å². The number of nitrogens with zero attached hydrogens (tertiary/aromatic N) is 1. The lowest BCUT2D eigenvalue weighted by atomic mass is 9.95. The second-order valence-corrected chi connectivity index (χ2v) is 11.9. The van der Waals surface area contributed by atoms with E-state index in [1.807, 2.05) is 39.0 Å². The number of carbonyl (C=O) groups is 3. The van der Waals surface area contributed by atoms with Gasteiger partial charge < -0.3 is 30.1 Å². The molecule has 0 saturated heterocycles. The van der Waals surface area contributed by atoms with Crippen molar-refractivity contribution in [3.8, 4) is 5.75 Å². The number of anilines is 1. The Morgan fingerprint density at radius 2 is 1.59 bits per heavy atom. The Balaban J connectivity index is 2.59. The van der Waals surface area contributed by atoms with Gasteiger partial charge in [-0.25, -0.2) is 4.79 Å². The van der Waals surface area contributed by atoms with Crippen LogP contribution in [0.4, 0.5) is 10.5 Å². The smallest absolute Gasteiger partial charge is 0.408 e. The highest BCUT2D eigenvalue weighted by Crippen LogP contribution is 2.30. The van der Waals surface area contributed by atoms with E-state index in [1.165, 1.54) is 4.90 Å². The average molecular weight is 570 g/mol. The fraction of sp³-hybridized carbons (Fsp3) is 0.531. The monoisotopic (exact) mass is 569 g/mol. The molecule has 0 aromatic heterocycles. The van der Waals surface area contributed by atoms with Gasteiger partial charge in [0.05, 0.1) is 13.7 Å². The minimum absolute atomic E-state index is 0.371. The number of methoxy groups -OCH3 is 1. The molecular formula is C32H47N3O6. The number of aliphatic hydroxyl groups is 1. The normalized spacial score (nSPS) is 13.6. The van der Waals surface area contributed by atoms with Crippen LogP contribution in [0.1, 0.15) is 77.1 Å². The summed E-state index contributed by atoms with van der Waals surface area (Å²) in [6, 6.07) is 9.84. The molecule has 0 aliphatic carbocycles. The number of nitrogens with one attached hydrogen (secondary N) is 2. The van der Waals surface area contributed by atoms with Crippen LogP contribution in [-0.4, -0.2) is 59.3 Å². The molecule has 0 bridgehead atoms. The molecule has 3 N–H and O–H groups in total. The minimum Gasteiger partial charge on any atom is -0.497 e. The summed E-state index contributed by atoms with van der Waals surface area (Å²) in [5.41, 5.74) is 2.39. The van der Waals surface area contributed by atoms with Crippen molar-refractivity contribution in [1.82, 2.24) is 10.2 Å². The van der Waals surface area contributed by atoms with E-state index in [1.54, 1.807) is 52.1 Å². The predicted molar refractivity (Wildman–Crippen MR) is 161 cm³/mol. The van der Waals surface area contributed by atoms with Gasteiger partial charge in [0.2, 0.25) is 5.91 Å². The van der Waals surface area contributed by atoms with Crippen LogP contribution in [0.15, 0.2) is 42.5 Å². The molecule has 3 atom stereocenters. The molecule has 0 aliphatic rings. The van der Waals surface area contributed by atoms with Crippen molar-refractivity contribution in [2.24, 2.45) is 5.92 Å². The molecule has 0 fully saturated rings. The Morgan fingerprint density at radius 3 is 2.10 bits per heavy atom. The zero-order valence-corrected chi connectivity index (χ0v) is 25.9. The molecule has 2 rings (SSSR count). The summed E-state index contributed by atoms with van der Waals surface area (Å²) in [6.45, 7) is 14.5. The number of aliphatic hydroxyl groups excluding tert-OH is 1. The second kappa shape index (κ2) is 14.9. The number of aryl methyl sites for hydroxylation is 2. The van der Waals surface area contributed by atoms with Gasteiger partial charge in [-0.3, -0.25) is 9.59 Å². The molecule has 226 valence electrons. The molecule has 0 saturated carbocycles. The second-order valence-electron chi connectivity index (χ2n) is 11.9. The van der Waals surface area contributed by atoms with E-state index in [0.717, 1.165) is 17.5 Å². The number of alkyl carbamates (subject to hydrolysis) is 1. The Kier molecular flexibility index (Phi) is 12.2. The van der Waals surface area contributed by atoms with Gasteiger partial charge in [0.25, 0.3) is 5.91 Å². The van der Waals surface area contributed by atoms with E-state index >= 15 is 0 Å². The number of benzene rings is 2. The van der Waals surface area contributed by atoms with Crippen molar-refractivity contribution in [2.45, 2.75) is 92.0 Å². The number of hydrogen-bond donors (Lipinski definition) is 3. The summed E-state index contributed by atoms with van der Waals surface area (Å²) in [5.74, 6) is 0.0165. The first-order chi connectivity index (χ1) is 19.2. The number of ether oxygens (including phenoxy) is 2. The molecule has 0 radical (unpaired) electrons. The topological polar surface area (TPSA) is 117 Å². The molecule has 41 heavy (non-hydrogen) atoms. The van der Waals surface area contributed by atoms with Crippen molar-refractivity contribution < 1.29 is 29.0 Å². The van der Waals surface area contributed by atoms with Gasteiger partial charge in [0, 0.05) is 11.7 Å². The summed E-state index contributed by atoms with van der Waals surface area (Å²) in [4.78, 5) is 42.3. The number of amides is 3. The third-order valence-electron chi connectivity index (χ3n) is 6.79. The molecule has 2 aromatic rings. The van der Waals surface area contributed by atoms with Crippen LogP contribution < -0.4 is 15.4 Å². The zero-order valence-electron chi connectivity index (χ0n) is 25.9. The van der Waals surface area contributed by atoms with Gasteiger partial charge >= 0.3 is 6.09 Å². The molecule has 0 aliphatic heterocycles. The van der Waals surface area contributed by atoms with Gasteiger partial charge in [0.15, 0.2) is 0 Å². The number of carbonyl (C=O) groups excluding carboxylic acids is 3. The van der Waals surface area contributed by atoms with Crippen LogP contribution in [0.3, 0.4) is 0 Å². The van der Waals surface area contributed by atoms with E-state index in [9.17, 15) is 19.5 Å². The van der Waals surface area contributed by atoms with Gasteiger partial charge in [-0.15, -0.1) is 0 Å². The molecule has 9 heteroatoms. The van der Waals surface area contributed by atoms with Crippen LogP contribution in [0.25, 0.3) is 0 Å². The van der Waals surface area contributed by atoms with Crippen molar-refractivity contribution in [1.29, 1.82) is 0 Å². The summed E-state index contributed by atoms with van der Waals surface area (Å²) < 4.78 is 10.6. The maximum absolute atomic E-state index is 14.2. The summed E-state index contributed by atoms with van der Waals surface area (Å²) in [7, 11) is 1.56. The van der Waals surface area contributed by atoms with Crippen molar-refractivity contribution in [3.05, 3.63) is 59.2 Å². The molecule has 3 amide bonds. The summed E-state index contributed by atoms with van der Waals surface area (Å²) in [5, 5.41) is 15.7. The van der Waals surface area contributed by atoms with E-state index < -0.39 is 48.2 Å². The SMILES string of the molecule is COc1ccc(NC(=O)C(c2ccc(C)c(C)c2)N(C(=O)C(CO)NC(=O)OC(C)(C)C)C(C)CCC(C)C)cc1. The maximum atomic E-state index is 14.2. The Bertz CT molecular complexity index is 1170. The first-order valence-corrected chi connectivity index (χ1v) is 14.1. The maximum Gasteiger partial charge on any atom is 0.408 e. The minimum atomic E-state index is -1.31. The lowest BCUT2D eigenvalue weighted by Crippen LogP contribution is -2.56. The fourth-order valence-electron chi connectivity index (χ4n) is 4.39. The van der Waals surface area contributed by atoms with Gasteiger partial charge in [-0.2, -0.15) is 0 Å². The van der Waals surface area contributed by atoms with E-state index in [0.29, 0.717) is 29.3 Å². The third-order valence-corrected chi connectivity index (χ3v) is 6.79. The molecule has 0 heterocycles. The van der Waals surface area contributed by atoms with Crippen LogP contribution in [0, 0.1) is 19.8 Å². The molecule has 2 aromatic carbocycles. The summed E-state index contributed by atoms with van der Waals surface area (Å²) in [6.07, 6.45) is 0.601. The number of hydrogen-bond acceptors (Lipinski definition) is 6. The zero-order chi connectivity index (χ0) is 30.9. The highest BCUT2D eigenvalue weighted by atomic mass is 16.6. The standard InChI is InChI=1S/C32H47N3O6/c1-20(2)10-12-23(5)35(30(38)27(19-36)34-31(39)41-32(6,7)8)28(24-13-11-21(3)22(4)18-24)29(37)33-25-14-16-26(40-9)17-15-25/h11,13-18,20,23,27-28,36H,10,12,19H2,1-9H3,(H,33,37)(H,34,39). The summed E-state index contributed by atoms with van der Waals surface area (Å²) >= 11 is 0. The van der Waals surface area contributed by atoms with E-state index in [4.69, 9.17) is 9.47 Å². The quantitative estimate of drug-likeness (QED) is 0.309. The van der Waals surface area contributed by atoms with Crippen LogP contribution >= 0.6 is 0 Å². The fourth-order valence-corrected chi connectivity index (χ4v) is 4.39. The van der Waals surface area contributed by atoms with Crippen LogP contribution in [0.5, 0.6) is 5.75 Å². The Hall–Kier alpha value is -3.59. The molecule has 3 unspecified atom stereocenters. The number of rotatable bonds is 12. The van der Waals surface area contributed by atoms with Crippen molar-refractivity contribution in [3.63, 3.8) is 0 Å². The first kappa shape index (κ1) is 33.6. The van der Waals surface area contributed by atoms with Crippen LogP contribution in [0.2, 0.25) is 0 Å².